The van der Waals surface area contributed by atoms with Crippen molar-refractivity contribution in [3.05, 3.63) is 76.9 Å². The number of ether oxygens (including phenoxy) is 1. The van der Waals surface area contributed by atoms with E-state index in [9.17, 15) is 4.79 Å². The van der Waals surface area contributed by atoms with Crippen molar-refractivity contribution in [1.29, 1.82) is 0 Å². The lowest BCUT2D eigenvalue weighted by atomic mass is 9.88. The first-order chi connectivity index (χ1) is 13.6. The van der Waals surface area contributed by atoms with Gasteiger partial charge in [0.15, 0.2) is 5.82 Å². The first kappa shape index (κ1) is 18.4. The van der Waals surface area contributed by atoms with Gasteiger partial charge in [0.1, 0.15) is 5.82 Å². The third kappa shape index (κ3) is 3.20. The van der Waals surface area contributed by atoms with Crippen LogP contribution in [0, 0.1) is 6.92 Å². The number of nitrogens with zero attached hydrogens (tertiary/aromatic N) is 4. The predicted molar refractivity (Wildman–Crippen MR) is 107 cm³/mol. The Morgan fingerprint density at radius 2 is 1.89 bits per heavy atom. The zero-order chi connectivity index (χ0) is 19.7. The van der Waals surface area contributed by atoms with Gasteiger partial charge < -0.3 is 9.64 Å². The molecule has 4 rings (SSSR count). The summed E-state index contributed by atoms with van der Waals surface area (Å²) in [7, 11) is 3.52. The Labute approximate surface area is 164 Å². The van der Waals surface area contributed by atoms with Crippen molar-refractivity contribution < 1.29 is 9.53 Å². The van der Waals surface area contributed by atoms with Crippen LogP contribution in [-0.2, 0) is 11.2 Å². The van der Waals surface area contributed by atoms with Crippen LogP contribution < -0.4 is 0 Å². The first-order valence-corrected chi connectivity index (χ1v) is 9.45. The number of rotatable bonds is 5. The van der Waals surface area contributed by atoms with Crippen LogP contribution >= 0.6 is 0 Å². The highest BCUT2D eigenvalue weighted by Gasteiger charge is 2.33. The Morgan fingerprint density at radius 3 is 2.68 bits per heavy atom. The summed E-state index contributed by atoms with van der Waals surface area (Å²) < 4.78 is 7.15. The highest BCUT2D eigenvalue weighted by Crippen LogP contribution is 2.33. The number of likely N-dealkylation sites (N-methyl/N-ethyl adjacent to an activating group) is 1. The molecule has 28 heavy (non-hydrogen) atoms. The summed E-state index contributed by atoms with van der Waals surface area (Å²) in [4.78, 5) is 19.3. The molecular formula is C22H24N4O2. The van der Waals surface area contributed by atoms with E-state index in [-0.39, 0.29) is 11.8 Å². The smallest absolute Gasteiger partial charge is 0.253 e. The zero-order valence-corrected chi connectivity index (χ0v) is 16.4. The van der Waals surface area contributed by atoms with Crippen LogP contribution in [0.2, 0.25) is 0 Å². The van der Waals surface area contributed by atoms with Crippen LogP contribution in [0.3, 0.4) is 0 Å². The molecule has 1 unspecified atom stereocenters. The lowest BCUT2D eigenvalue weighted by Crippen LogP contribution is -2.38. The van der Waals surface area contributed by atoms with Crippen molar-refractivity contribution >= 4 is 5.91 Å². The van der Waals surface area contributed by atoms with E-state index < -0.39 is 0 Å². The van der Waals surface area contributed by atoms with Gasteiger partial charge in [-0.1, -0.05) is 36.4 Å². The maximum Gasteiger partial charge on any atom is 0.253 e. The van der Waals surface area contributed by atoms with Crippen LogP contribution in [0.25, 0.3) is 5.69 Å². The quantitative estimate of drug-likeness (QED) is 0.687. The van der Waals surface area contributed by atoms with E-state index in [0.29, 0.717) is 19.6 Å². The Balaban J connectivity index is 1.87. The fraction of sp³-hybridized carbons (Fsp3) is 0.318. The summed E-state index contributed by atoms with van der Waals surface area (Å²) >= 11 is 0. The van der Waals surface area contributed by atoms with E-state index in [4.69, 9.17) is 14.8 Å². The summed E-state index contributed by atoms with van der Waals surface area (Å²) in [6, 6.07) is 15.9. The van der Waals surface area contributed by atoms with Gasteiger partial charge in [0.2, 0.25) is 0 Å². The van der Waals surface area contributed by atoms with Crippen molar-refractivity contribution in [3.63, 3.8) is 0 Å². The van der Waals surface area contributed by atoms with Crippen LogP contribution in [0.5, 0.6) is 0 Å². The van der Waals surface area contributed by atoms with E-state index in [1.54, 1.807) is 12.0 Å². The Hall–Kier alpha value is -2.99. The van der Waals surface area contributed by atoms with Gasteiger partial charge in [-0.2, -0.15) is 5.10 Å². The number of amides is 1. The molecule has 0 aliphatic carbocycles. The molecule has 6 heteroatoms. The molecule has 1 aliphatic rings. The van der Waals surface area contributed by atoms with E-state index in [1.165, 1.54) is 0 Å². The minimum absolute atomic E-state index is 0.0395. The molecule has 0 saturated carbocycles. The van der Waals surface area contributed by atoms with Crippen molar-refractivity contribution in [2.45, 2.75) is 19.3 Å². The average molecular weight is 376 g/mol. The zero-order valence-electron chi connectivity index (χ0n) is 16.4. The normalized spacial score (nSPS) is 16.3. The number of hydrogen-bond acceptors (Lipinski definition) is 4. The number of carbonyl (C=O) groups is 1. The lowest BCUT2D eigenvalue weighted by Gasteiger charge is -2.31. The van der Waals surface area contributed by atoms with Crippen molar-refractivity contribution in [1.82, 2.24) is 19.7 Å². The number of aryl methyl sites for hydroxylation is 1. The maximum atomic E-state index is 12.6. The van der Waals surface area contributed by atoms with Crippen LogP contribution in [0.4, 0.5) is 0 Å². The van der Waals surface area contributed by atoms with Gasteiger partial charge in [0, 0.05) is 32.7 Å². The molecule has 1 aromatic heterocycles. The van der Waals surface area contributed by atoms with E-state index >= 15 is 0 Å². The summed E-state index contributed by atoms with van der Waals surface area (Å²) in [5.41, 5.74) is 3.87. The third-order valence-corrected chi connectivity index (χ3v) is 5.23. The van der Waals surface area contributed by atoms with Crippen molar-refractivity contribution in [3.8, 4) is 5.69 Å². The third-order valence-electron chi connectivity index (χ3n) is 5.23. The topological polar surface area (TPSA) is 60.2 Å². The number of fused-ring (bicyclic) bond motifs is 1. The monoisotopic (exact) mass is 376 g/mol. The number of methoxy groups -OCH3 is 1. The summed E-state index contributed by atoms with van der Waals surface area (Å²) in [5, 5.41) is 4.79. The molecule has 0 radical (unpaired) electrons. The Bertz CT molecular complexity index is 1010. The van der Waals surface area contributed by atoms with Gasteiger partial charge in [0.05, 0.1) is 18.2 Å². The molecule has 1 aliphatic heterocycles. The van der Waals surface area contributed by atoms with Crippen LogP contribution in [0.1, 0.15) is 39.1 Å². The lowest BCUT2D eigenvalue weighted by molar-refractivity contribution is 0.0770. The number of hydrogen-bond donors (Lipinski definition) is 0. The average Bonchev–Trinajstić information content (AvgIpc) is 3.13. The van der Waals surface area contributed by atoms with E-state index in [0.717, 1.165) is 34.0 Å². The molecule has 2 heterocycles. The molecule has 2 aromatic carbocycles. The second-order valence-electron chi connectivity index (χ2n) is 7.15. The van der Waals surface area contributed by atoms with Gasteiger partial charge in [0.25, 0.3) is 5.91 Å². The first-order valence-electron chi connectivity index (χ1n) is 9.45. The molecule has 0 bridgehead atoms. The standard InChI is InChI=1S/C22H24N4O2/c1-15-8-4-7-11-19(15)26-21(23-20(24-26)12-13-28-3)18-14-25(2)22(27)17-10-6-5-9-16(17)18/h4-11,18H,12-14H2,1-3H3. The van der Waals surface area contributed by atoms with Gasteiger partial charge in [-0.3, -0.25) is 4.79 Å². The molecule has 0 saturated heterocycles. The van der Waals surface area contributed by atoms with Gasteiger partial charge in [-0.05, 0) is 30.2 Å². The SMILES string of the molecule is COCCc1nc(C2CN(C)C(=O)c3ccccc32)n(-c2ccccc2C)n1. The van der Waals surface area contributed by atoms with Crippen molar-refractivity contribution in [2.24, 2.45) is 0 Å². The highest BCUT2D eigenvalue weighted by molar-refractivity contribution is 5.97. The van der Waals surface area contributed by atoms with Gasteiger partial charge in [-0.25, -0.2) is 9.67 Å². The van der Waals surface area contributed by atoms with Crippen LogP contribution in [-0.4, -0.2) is 52.9 Å². The van der Waals surface area contributed by atoms with E-state index in [1.807, 2.05) is 48.1 Å². The summed E-state index contributed by atoms with van der Waals surface area (Å²) in [5.74, 6) is 1.61. The number of aromatic nitrogens is 3. The fourth-order valence-electron chi connectivity index (χ4n) is 3.75. The number of carbonyl (C=O) groups excluding carboxylic acids is 1. The minimum Gasteiger partial charge on any atom is -0.384 e. The second kappa shape index (κ2) is 7.56. The molecule has 6 nitrogen and oxygen atoms in total. The maximum absolute atomic E-state index is 12.6. The Kier molecular flexibility index (Phi) is 4.96. The number of para-hydroxylation sites is 1. The molecule has 3 aromatic rings. The molecular weight excluding hydrogens is 352 g/mol. The molecule has 1 atom stereocenters. The molecule has 144 valence electrons. The van der Waals surface area contributed by atoms with E-state index in [2.05, 4.69) is 19.1 Å². The largest absolute Gasteiger partial charge is 0.384 e. The highest BCUT2D eigenvalue weighted by atomic mass is 16.5. The van der Waals surface area contributed by atoms with Gasteiger partial charge >= 0.3 is 0 Å². The summed E-state index contributed by atoms with van der Waals surface area (Å²) in [6.07, 6.45) is 0.644. The van der Waals surface area contributed by atoms with Crippen LogP contribution in [0.15, 0.2) is 48.5 Å². The minimum atomic E-state index is -0.0395. The predicted octanol–water partition coefficient (Wildman–Crippen LogP) is 2.98. The number of benzene rings is 2. The second-order valence-corrected chi connectivity index (χ2v) is 7.15. The Morgan fingerprint density at radius 1 is 1.14 bits per heavy atom. The molecule has 0 spiro atoms. The molecule has 0 N–H and O–H groups in total. The fourth-order valence-corrected chi connectivity index (χ4v) is 3.75. The van der Waals surface area contributed by atoms with Crippen molar-refractivity contribution in [2.75, 3.05) is 27.3 Å². The summed E-state index contributed by atoms with van der Waals surface area (Å²) in [6.45, 7) is 3.21. The molecule has 1 amide bonds. The molecule has 0 fully saturated rings. The van der Waals surface area contributed by atoms with Gasteiger partial charge in [-0.15, -0.1) is 0 Å².